The molecule has 6 nitrogen and oxygen atoms in total. The molecule has 3 N–H and O–H groups in total. The molecule has 4 rings (SSSR count). The largest absolute Gasteiger partial charge is 0.491 e. The first-order valence-electron chi connectivity index (χ1n) is 11.5. The first kappa shape index (κ1) is 22.4. The number of nitrogens with one attached hydrogen (secondary N) is 3. The van der Waals surface area contributed by atoms with Crippen molar-refractivity contribution >= 4 is 22.5 Å². The van der Waals surface area contributed by atoms with E-state index in [-0.39, 0.29) is 12.0 Å². The number of amides is 1. The second kappa shape index (κ2) is 10.2. The summed E-state index contributed by atoms with van der Waals surface area (Å²) < 4.78 is 11.4. The van der Waals surface area contributed by atoms with Crippen molar-refractivity contribution in [2.75, 3.05) is 25.1 Å². The minimum atomic E-state index is -0.132. The van der Waals surface area contributed by atoms with Crippen molar-refractivity contribution in [3.63, 3.8) is 0 Å². The number of rotatable bonds is 9. The van der Waals surface area contributed by atoms with E-state index in [9.17, 15) is 4.79 Å². The fourth-order valence-corrected chi connectivity index (χ4v) is 3.99. The number of anilines is 1. The molecule has 170 valence electrons. The van der Waals surface area contributed by atoms with Crippen molar-refractivity contribution in [2.45, 2.75) is 46.3 Å². The summed E-state index contributed by atoms with van der Waals surface area (Å²) in [5, 5.41) is 7.64. The highest BCUT2D eigenvalue weighted by molar-refractivity contribution is 6.06. The number of carbonyl (C=O) groups is 1. The Morgan fingerprint density at radius 3 is 2.75 bits per heavy atom. The highest BCUT2D eigenvalue weighted by Gasteiger charge is 2.16. The molecule has 0 unspecified atom stereocenters. The van der Waals surface area contributed by atoms with Crippen LogP contribution < -0.4 is 15.4 Å². The summed E-state index contributed by atoms with van der Waals surface area (Å²) in [6, 6.07) is 13.4. The zero-order chi connectivity index (χ0) is 22.5. The number of H-pyrrole nitrogens is 1. The first-order valence-corrected chi connectivity index (χ1v) is 11.5. The van der Waals surface area contributed by atoms with E-state index < -0.39 is 0 Å². The second-order valence-electron chi connectivity index (χ2n) is 8.94. The zero-order valence-corrected chi connectivity index (χ0v) is 19.2. The Kier molecular flexibility index (Phi) is 7.12. The molecule has 2 heterocycles. The summed E-state index contributed by atoms with van der Waals surface area (Å²) in [6.45, 7) is 9.59. The van der Waals surface area contributed by atoms with Gasteiger partial charge in [0.15, 0.2) is 0 Å². The van der Waals surface area contributed by atoms with Gasteiger partial charge >= 0.3 is 0 Å². The Morgan fingerprint density at radius 1 is 1.22 bits per heavy atom. The minimum Gasteiger partial charge on any atom is -0.491 e. The number of benzene rings is 2. The van der Waals surface area contributed by atoms with Crippen molar-refractivity contribution in [3.8, 4) is 5.75 Å². The summed E-state index contributed by atoms with van der Waals surface area (Å²) in [7, 11) is 0. The van der Waals surface area contributed by atoms with Crippen LogP contribution in [0.2, 0.25) is 0 Å². The van der Waals surface area contributed by atoms with Crippen molar-refractivity contribution in [1.29, 1.82) is 0 Å². The normalized spacial score (nSPS) is 16.1. The molecule has 1 aliphatic heterocycles. The number of aryl methyl sites for hydroxylation is 1. The van der Waals surface area contributed by atoms with E-state index in [1.165, 1.54) is 0 Å². The Bertz CT molecular complexity index is 1050. The zero-order valence-electron chi connectivity index (χ0n) is 19.2. The van der Waals surface area contributed by atoms with Gasteiger partial charge in [-0.1, -0.05) is 13.8 Å². The molecule has 1 amide bonds. The highest BCUT2D eigenvalue weighted by atomic mass is 16.5. The van der Waals surface area contributed by atoms with E-state index in [0.29, 0.717) is 18.1 Å². The molecule has 3 aromatic rings. The van der Waals surface area contributed by atoms with Gasteiger partial charge in [0.05, 0.1) is 6.10 Å². The quantitative estimate of drug-likeness (QED) is 0.441. The molecule has 0 saturated carbocycles. The Morgan fingerprint density at radius 2 is 2.03 bits per heavy atom. The minimum absolute atomic E-state index is 0.132. The number of hydrogen-bond acceptors (Lipinski definition) is 4. The van der Waals surface area contributed by atoms with Crippen LogP contribution in [-0.2, 0) is 11.3 Å². The highest BCUT2D eigenvalue weighted by Crippen LogP contribution is 2.27. The second-order valence-corrected chi connectivity index (χ2v) is 8.94. The lowest BCUT2D eigenvalue weighted by molar-refractivity contribution is 0.0679. The van der Waals surface area contributed by atoms with Crippen LogP contribution in [0.5, 0.6) is 5.75 Å². The fourth-order valence-electron chi connectivity index (χ4n) is 3.99. The van der Waals surface area contributed by atoms with Crippen LogP contribution >= 0.6 is 0 Å². The van der Waals surface area contributed by atoms with Gasteiger partial charge in [0, 0.05) is 41.0 Å². The van der Waals surface area contributed by atoms with Gasteiger partial charge in [-0.15, -0.1) is 0 Å². The maximum absolute atomic E-state index is 12.8. The Balaban J connectivity index is 1.38. The number of hydrogen-bond donors (Lipinski definition) is 3. The number of fused-ring (bicyclic) bond motifs is 1. The maximum Gasteiger partial charge on any atom is 0.255 e. The summed E-state index contributed by atoms with van der Waals surface area (Å²) in [5.41, 5.74) is 4.70. The van der Waals surface area contributed by atoms with Crippen LogP contribution in [0.25, 0.3) is 10.9 Å². The third-order valence-electron chi connectivity index (χ3n) is 5.82. The van der Waals surface area contributed by atoms with Crippen molar-refractivity contribution in [2.24, 2.45) is 5.92 Å². The molecule has 1 saturated heterocycles. The average Bonchev–Trinajstić information content (AvgIpc) is 3.44. The molecule has 0 spiro atoms. The lowest BCUT2D eigenvalue weighted by Crippen LogP contribution is -2.19. The predicted octanol–water partition coefficient (Wildman–Crippen LogP) is 5.03. The summed E-state index contributed by atoms with van der Waals surface area (Å²) in [4.78, 5) is 16.3. The summed E-state index contributed by atoms with van der Waals surface area (Å²) in [6.07, 6.45) is 2.31. The third kappa shape index (κ3) is 5.50. The van der Waals surface area contributed by atoms with Gasteiger partial charge in [0.25, 0.3) is 5.91 Å². The number of aromatic amines is 1. The van der Waals surface area contributed by atoms with Gasteiger partial charge in [-0.25, -0.2) is 0 Å². The fraction of sp³-hybridized carbons (Fsp3) is 0.423. The molecule has 32 heavy (non-hydrogen) atoms. The van der Waals surface area contributed by atoms with Gasteiger partial charge in [0.1, 0.15) is 12.4 Å². The van der Waals surface area contributed by atoms with E-state index in [0.717, 1.165) is 66.1 Å². The Hall–Kier alpha value is -2.83. The molecule has 1 aromatic heterocycles. The van der Waals surface area contributed by atoms with Gasteiger partial charge in [-0.2, -0.15) is 0 Å². The van der Waals surface area contributed by atoms with E-state index in [1.54, 1.807) is 12.1 Å². The van der Waals surface area contributed by atoms with E-state index >= 15 is 0 Å². The molecular weight excluding hydrogens is 402 g/mol. The summed E-state index contributed by atoms with van der Waals surface area (Å²) >= 11 is 0. The number of aromatic nitrogens is 1. The number of ether oxygens (including phenoxy) is 2. The standard InChI is InChI=1S/C26H33N3O3/c1-17(2)14-27-15-20-13-23-18(3)24(10-11-25(23)28-20)29-26(30)19-6-8-21(9-7-19)32-16-22-5-4-12-31-22/h6-11,13,17,22,27-28H,4-5,12,14-16H2,1-3H3,(H,29,30)/t22-/m0/s1. The molecule has 1 fully saturated rings. The molecule has 0 bridgehead atoms. The van der Waals surface area contributed by atoms with Crippen LogP contribution in [0.1, 0.15) is 48.3 Å². The number of carbonyl (C=O) groups excluding carboxylic acids is 1. The first-order chi connectivity index (χ1) is 15.5. The maximum atomic E-state index is 12.8. The van der Waals surface area contributed by atoms with Crippen molar-refractivity contribution in [1.82, 2.24) is 10.3 Å². The van der Waals surface area contributed by atoms with Crippen molar-refractivity contribution < 1.29 is 14.3 Å². The summed E-state index contributed by atoms with van der Waals surface area (Å²) in [5.74, 6) is 1.23. The molecule has 1 atom stereocenters. The van der Waals surface area contributed by atoms with E-state index in [2.05, 4.69) is 35.5 Å². The topological polar surface area (TPSA) is 75.4 Å². The van der Waals surface area contributed by atoms with Gasteiger partial charge in [-0.05, 0) is 80.3 Å². The van der Waals surface area contributed by atoms with Crippen molar-refractivity contribution in [3.05, 3.63) is 59.3 Å². The van der Waals surface area contributed by atoms with Crippen LogP contribution in [0.15, 0.2) is 42.5 Å². The average molecular weight is 436 g/mol. The van der Waals surface area contributed by atoms with Crippen LogP contribution in [0, 0.1) is 12.8 Å². The Labute approximate surface area is 189 Å². The molecule has 0 radical (unpaired) electrons. The molecule has 6 heteroatoms. The molecule has 0 aliphatic carbocycles. The monoisotopic (exact) mass is 435 g/mol. The van der Waals surface area contributed by atoms with Gasteiger partial charge in [-0.3, -0.25) is 4.79 Å². The van der Waals surface area contributed by atoms with Gasteiger partial charge in [0.2, 0.25) is 0 Å². The lowest BCUT2D eigenvalue weighted by atomic mass is 10.1. The lowest BCUT2D eigenvalue weighted by Gasteiger charge is -2.12. The van der Waals surface area contributed by atoms with E-state index in [4.69, 9.17) is 9.47 Å². The van der Waals surface area contributed by atoms with Crippen LogP contribution in [0.4, 0.5) is 5.69 Å². The predicted molar refractivity (Wildman–Crippen MR) is 128 cm³/mol. The smallest absolute Gasteiger partial charge is 0.255 e. The molecule has 1 aliphatic rings. The SMILES string of the molecule is Cc1c(NC(=O)c2ccc(OC[C@@H]3CCCO3)cc2)ccc2[nH]c(CNCC(C)C)cc12. The molecular formula is C26H33N3O3. The molecule has 2 aromatic carbocycles. The third-order valence-corrected chi connectivity index (χ3v) is 5.82. The van der Waals surface area contributed by atoms with Crippen LogP contribution in [0.3, 0.4) is 0 Å². The van der Waals surface area contributed by atoms with E-state index in [1.807, 2.05) is 31.2 Å². The van der Waals surface area contributed by atoms with Gasteiger partial charge < -0.3 is 25.1 Å². The van der Waals surface area contributed by atoms with Crippen LogP contribution in [-0.4, -0.2) is 36.8 Å².